The van der Waals surface area contributed by atoms with Crippen LogP contribution in [-0.4, -0.2) is 39.6 Å². The summed E-state index contributed by atoms with van der Waals surface area (Å²) in [5.74, 6) is 0.541. The maximum absolute atomic E-state index is 13.1. The molecule has 2 unspecified atom stereocenters. The van der Waals surface area contributed by atoms with Crippen LogP contribution in [0.1, 0.15) is 51.3 Å². The van der Waals surface area contributed by atoms with Crippen molar-refractivity contribution in [2.45, 2.75) is 45.4 Å². The quantitative estimate of drug-likeness (QED) is 0.493. The normalized spacial score (nSPS) is 17.3. The summed E-state index contributed by atoms with van der Waals surface area (Å²) in [6.45, 7) is 8.61. The maximum Gasteiger partial charge on any atom is 0.245 e. The first-order valence-electron chi connectivity index (χ1n) is 11.7. The highest BCUT2D eigenvalue weighted by atomic mass is 35.5. The number of carbonyl (C=O) groups excluding carboxylic acids is 2. The summed E-state index contributed by atoms with van der Waals surface area (Å²) in [5, 5.41) is 8.33. The number of rotatable bonds is 7. The molecule has 1 aliphatic carbocycles. The summed E-state index contributed by atoms with van der Waals surface area (Å²) in [6.07, 6.45) is 0.833. The second kappa shape index (κ2) is 9.63. The van der Waals surface area contributed by atoms with E-state index in [1.807, 2.05) is 43.3 Å². The average Bonchev–Trinajstić information content (AvgIpc) is 3.50. The van der Waals surface area contributed by atoms with Gasteiger partial charge in [0, 0.05) is 29.0 Å². The highest BCUT2D eigenvalue weighted by Gasteiger charge is 2.45. The molecule has 34 heavy (non-hydrogen) atoms. The van der Waals surface area contributed by atoms with Crippen LogP contribution < -0.4 is 5.32 Å². The van der Waals surface area contributed by atoms with E-state index < -0.39 is 0 Å². The van der Waals surface area contributed by atoms with E-state index in [-0.39, 0.29) is 35.6 Å². The van der Waals surface area contributed by atoms with E-state index in [9.17, 15) is 9.59 Å². The van der Waals surface area contributed by atoms with Crippen molar-refractivity contribution in [2.75, 3.05) is 18.4 Å². The minimum atomic E-state index is -0.248. The molecule has 1 fully saturated rings. The zero-order valence-corrected chi connectivity index (χ0v) is 20.8. The number of nitrogens with zero attached hydrogens (tertiary/aromatic N) is 3. The molecule has 2 aromatic carbocycles. The fourth-order valence-corrected chi connectivity index (χ4v) is 4.21. The summed E-state index contributed by atoms with van der Waals surface area (Å²) < 4.78 is 1.71. The molecule has 0 aliphatic heterocycles. The van der Waals surface area contributed by atoms with Crippen molar-refractivity contribution in [2.24, 2.45) is 5.92 Å². The van der Waals surface area contributed by atoms with Crippen molar-refractivity contribution >= 4 is 29.2 Å². The number of anilines is 1. The van der Waals surface area contributed by atoms with Crippen molar-refractivity contribution in [1.29, 1.82) is 0 Å². The Morgan fingerprint density at radius 2 is 1.79 bits per heavy atom. The van der Waals surface area contributed by atoms with Gasteiger partial charge in [-0.2, -0.15) is 5.10 Å². The molecule has 178 valence electrons. The molecule has 0 radical (unpaired) electrons. The number of halogens is 1. The molecule has 3 aromatic rings. The number of benzene rings is 2. The van der Waals surface area contributed by atoms with Gasteiger partial charge in [0.1, 0.15) is 5.82 Å². The number of carbonyl (C=O) groups is 2. The Labute approximate surface area is 205 Å². The van der Waals surface area contributed by atoms with Crippen molar-refractivity contribution < 1.29 is 9.59 Å². The van der Waals surface area contributed by atoms with Gasteiger partial charge < -0.3 is 10.2 Å². The lowest BCUT2D eigenvalue weighted by atomic mass is 9.92. The smallest absolute Gasteiger partial charge is 0.245 e. The number of likely N-dealkylation sites (N-methyl/N-ethyl adjacent to an activating group) is 1. The lowest BCUT2D eigenvalue weighted by Crippen LogP contribution is -2.39. The van der Waals surface area contributed by atoms with E-state index in [1.165, 1.54) is 5.56 Å². The molecule has 4 rings (SSSR count). The first-order valence-corrected chi connectivity index (χ1v) is 12.0. The molecular weight excluding hydrogens is 448 g/mol. The van der Waals surface area contributed by atoms with Crippen LogP contribution in [0.4, 0.5) is 5.82 Å². The van der Waals surface area contributed by atoms with Crippen molar-refractivity contribution in [3.05, 3.63) is 76.9 Å². The van der Waals surface area contributed by atoms with Crippen LogP contribution >= 0.6 is 11.6 Å². The average molecular weight is 479 g/mol. The van der Waals surface area contributed by atoms with Gasteiger partial charge in [-0.15, -0.1) is 0 Å². The van der Waals surface area contributed by atoms with Crippen LogP contribution in [0.15, 0.2) is 60.7 Å². The highest BCUT2D eigenvalue weighted by molar-refractivity contribution is 6.30. The lowest BCUT2D eigenvalue weighted by Gasteiger charge is -2.21. The van der Waals surface area contributed by atoms with Crippen LogP contribution in [0, 0.1) is 5.92 Å². The van der Waals surface area contributed by atoms with Gasteiger partial charge in [-0.1, -0.05) is 62.7 Å². The molecular formula is C27H31ClN4O2. The number of amides is 2. The van der Waals surface area contributed by atoms with Crippen LogP contribution in [0.2, 0.25) is 5.02 Å². The van der Waals surface area contributed by atoms with Crippen molar-refractivity contribution in [3.8, 4) is 5.69 Å². The Hall–Kier alpha value is -3.12. The van der Waals surface area contributed by atoms with Gasteiger partial charge in [-0.25, -0.2) is 4.68 Å². The number of hydrogen-bond donors (Lipinski definition) is 1. The Morgan fingerprint density at radius 3 is 2.41 bits per heavy atom. The fraction of sp³-hybridized carbons (Fsp3) is 0.370. The van der Waals surface area contributed by atoms with E-state index in [2.05, 4.69) is 38.2 Å². The Balaban J connectivity index is 1.48. The zero-order valence-electron chi connectivity index (χ0n) is 20.1. The molecule has 0 spiro atoms. The van der Waals surface area contributed by atoms with Gasteiger partial charge >= 0.3 is 0 Å². The van der Waals surface area contributed by atoms with Gasteiger partial charge in [-0.05, 0) is 49.1 Å². The summed E-state index contributed by atoms with van der Waals surface area (Å²) >= 11 is 6.05. The molecule has 6 nitrogen and oxygen atoms in total. The zero-order chi connectivity index (χ0) is 24.5. The van der Waals surface area contributed by atoms with Gasteiger partial charge in [0.25, 0.3) is 0 Å². The van der Waals surface area contributed by atoms with E-state index in [0.29, 0.717) is 17.4 Å². The molecule has 2 amide bonds. The number of hydrogen-bond acceptors (Lipinski definition) is 3. The predicted octanol–water partition coefficient (Wildman–Crippen LogP) is 5.41. The van der Waals surface area contributed by atoms with E-state index in [4.69, 9.17) is 16.7 Å². The molecule has 0 saturated heterocycles. The van der Waals surface area contributed by atoms with Gasteiger partial charge in [0.2, 0.25) is 11.8 Å². The van der Waals surface area contributed by atoms with Crippen LogP contribution in [0.25, 0.3) is 5.69 Å². The van der Waals surface area contributed by atoms with Gasteiger partial charge in [0.15, 0.2) is 0 Å². The summed E-state index contributed by atoms with van der Waals surface area (Å²) in [4.78, 5) is 27.7. The van der Waals surface area contributed by atoms with Crippen LogP contribution in [0.5, 0.6) is 0 Å². The third kappa shape index (κ3) is 5.33. The molecule has 2 atom stereocenters. The van der Waals surface area contributed by atoms with Crippen LogP contribution in [-0.2, 0) is 15.0 Å². The SMILES string of the molecule is CCN(CC(=O)Nc1cc(C(C)(C)C)nn1-c1ccc(Cl)cc1)C(=O)C1CC1c1ccccc1. The third-order valence-electron chi connectivity index (χ3n) is 6.18. The lowest BCUT2D eigenvalue weighted by molar-refractivity contribution is -0.135. The van der Waals surface area contributed by atoms with Gasteiger partial charge in [0.05, 0.1) is 17.9 Å². The molecule has 1 aliphatic rings. The summed E-state index contributed by atoms with van der Waals surface area (Å²) in [6, 6.07) is 19.3. The number of aromatic nitrogens is 2. The minimum Gasteiger partial charge on any atom is -0.333 e. The van der Waals surface area contributed by atoms with E-state index in [1.54, 1.807) is 21.7 Å². The fourth-order valence-electron chi connectivity index (χ4n) is 4.09. The molecule has 1 N–H and O–H groups in total. The monoisotopic (exact) mass is 478 g/mol. The summed E-state index contributed by atoms with van der Waals surface area (Å²) in [5.41, 5.74) is 2.64. The maximum atomic E-state index is 13.1. The number of nitrogens with one attached hydrogen (secondary N) is 1. The first kappa shape index (κ1) is 24.0. The van der Waals surface area contributed by atoms with E-state index >= 15 is 0 Å². The summed E-state index contributed by atoms with van der Waals surface area (Å²) in [7, 11) is 0. The third-order valence-corrected chi connectivity index (χ3v) is 6.43. The Bertz CT molecular complexity index is 1170. The molecule has 1 saturated carbocycles. The minimum absolute atomic E-state index is 0.00396. The Morgan fingerprint density at radius 1 is 1.12 bits per heavy atom. The van der Waals surface area contributed by atoms with Crippen molar-refractivity contribution in [1.82, 2.24) is 14.7 Å². The van der Waals surface area contributed by atoms with Crippen molar-refractivity contribution in [3.63, 3.8) is 0 Å². The largest absolute Gasteiger partial charge is 0.333 e. The second-order valence-electron chi connectivity index (χ2n) is 9.81. The highest BCUT2D eigenvalue weighted by Crippen LogP contribution is 2.48. The molecule has 0 bridgehead atoms. The predicted molar refractivity (Wildman–Crippen MR) is 135 cm³/mol. The Kier molecular flexibility index (Phi) is 6.80. The molecule has 1 heterocycles. The topological polar surface area (TPSA) is 67.2 Å². The molecule has 7 heteroatoms. The van der Waals surface area contributed by atoms with Crippen LogP contribution in [0.3, 0.4) is 0 Å². The second-order valence-corrected chi connectivity index (χ2v) is 10.2. The van der Waals surface area contributed by atoms with E-state index in [0.717, 1.165) is 17.8 Å². The molecule has 1 aromatic heterocycles. The first-order chi connectivity index (χ1) is 16.2. The van der Waals surface area contributed by atoms with Gasteiger partial charge in [-0.3, -0.25) is 9.59 Å². The standard InChI is InChI=1S/C27H31ClN4O2/c1-5-31(26(34)22-15-21(22)18-9-7-6-8-10-18)17-25(33)29-24-16-23(27(2,3)4)30-32(24)20-13-11-19(28)12-14-20/h6-14,16,21-22H,5,15,17H2,1-4H3,(H,29,33).